The second-order valence-corrected chi connectivity index (χ2v) is 6.88. The first-order chi connectivity index (χ1) is 13.2. The van der Waals surface area contributed by atoms with Gasteiger partial charge in [-0.15, -0.1) is 10.2 Å². The smallest absolute Gasteiger partial charge is 0.234 e. The number of thioether (sulfide) groups is 1. The summed E-state index contributed by atoms with van der Waals surface area (Å²) in [5.41, 5.74) is 1.51. The number of carbonyl (C=O) groups excluding carboxylic acids is 1. The van der Waals surface area contributed by atoms with Crippen LogP contribution in [0.25, 0.3) is 11.4 Å². The average molecular weight is 383 g/mol. The first-order valence-corrected chi connectivity index (χ1v) is 9.71. The van der Waals surface area contributed by atoms with Crippen molar-refractivity contribution in [2.45, 2.75) is 31.5 Å². The lowest BCUT2D eigenvalue weighted by atomic mass is 10.2. The number of hydrogen-bond acceptors (Lipinski definition) is 6. The summed E-state index contributed by atoms with van der Waals surface area (Å²) in [6.45, 7) is 2.92. The van der Waals surface area contributed by atoms with Gasteiger partial charge in [-0.1, -0.05) is 31.2 Å². The van der Waals surface area contributed by atoms with Crippen molar-refractivity contribution in [3.8, 4) is 17.1 Å². The molecule has 8 heteroatoms. The molecule has 3 aromatic rings. The van der Waals surface area contributed by atoms with Gasteiger partial charge in [0.05, 0.1) is 5.75 Å². The molecular formula is C19H21N5O2S. The zero-order valence-corrected chi connectivity index (χ0v) is 15.8. The van der Waals surface area contributed by atoms with Crippen LogP contribution >= 0.6 is 11.8 Å². The van der Waals surface area contributed by atoms with E-state index in [9.17, 15) is 9.90 Å². The molecule has 0 fully saturated rings. The van der Waals surface area contributed by atoms with Crippen LogP contribution in [0.15, 0.2) is 53.9 Å². The Labute approximate surface area is 161 Å². The van der Waals surface area contributed by atoms with Crippen LogP contribution in [0.1, 0.15) is 19.8 Å². The number of rotatable bonds is 8. The molecule has 0 aliphatic rings. The minimum absolute atomic E-state index is 0.113. The highest BCUT2D eigenvalue weighted by Gasteiger charge is 2.15. The number of amides is 1. The van der Waals surface area contributed by atoms with Crippen LogP contribution in [-0.2, 0) is 11.3 Å². The van der Waals surface area contributed by atoms with Crippen molar-refractivity contribution >= 4 is 23.4 Å². The highest BCUT2D eigenvalue weighted by Crippen LogP contribution is 2.24. The topological polar surface area (TPSA) is 92.9 Å². The molecule has 0 aliphatic carbocycles. The van der Waals surface area contributed by atoms with Crippen molar-refractivity contribution < 1.29 is 9.90 Å². The molecule has 0 unspecified atom stereocenters. The van der Waals surface area contributed by atoms with E-state index >= 15 is 0 Å². The van der Waals surface area contributed by atoms with E-state index in [0.717, 1.165) is 30.8 Å². The third-order valence-electron chi connectivity index (χ3n) is 3.85. The summed E-state index contributed by atoms with van der Waals surface area (Å²) < 4.78 is 2.05. The summed E-state index contributed by atoms with van der Waals surface area (Å²) in [4.78, 5) is 16.3. The predicted molar refractivity (Wildman–Crippen MR) is 106 cm³/mol. The van der Waals surface area contributed by atoms with Crippen molar-refractivity contribution in [3.05, 3.63) is 48.8 Å². The second kappa shape index (κ2) is 9.18. The molecule has 1 aromatic carbocycles. The van der Waals surface area contributed by atoms with Crippen LogP contribution in [0, 0.1) is 0 Å². The number of aromatic hydroxyl groups is 1. The second-order valence-electron chi connectivity index (χ2n) is 5.93. The molecule has 140 valence electrons. The molecule has 3 rings (SSSR count). The number of phenols is 1. The summed E-state index contributed by atoms with van der Waals surface area (Å²) in [5, 5.41) is 21.5. The van der Waals surface area contributed by atoms with Crippen LogP contribution in [0.2, 0.25) is 0 Å². The Morgan fingerprint density at radius 1 is 1.22 bits per heavy atom. The third kappa shape index (κ3) is 5.07. The van der Waals surface area contributed by atoms with Gasteiger partial charge in [-0.25, -0.2) is 0 Å². The van der Waals surface area contributed by atoms with E-state index in [2.05, 4.69) is 27.4 Å². The molecule has 2 heterocycles. The number of aromatic nitrogens is 4. The number of nitrogens with zero attached hydrogens (tertiary/aromatic N) is 4. The summed E-state index contributed by atoms with van der Waals surface area (Å²) in [6.07, 6.45) is 5.50. The van der Waals surface area contributed by atoms with Gasteiger partial charge in [-0.3, -0.25) is 9.78 Å². The minimum atomic E-state index is -0.166. The van der Waals surface area contributed by atoms with Crippen molar-refractivity contribution in [1.29, 1.82) is 0 Å². The molecule has 0 atom stereocenters. The average Bonchev–Trinajstić information content (AvgIpc) is 3.08. The zero-order valence-electron chi connectivity index (χ0n) is 15.0. The molecule has 0 aliphatic heterocycles. The summed E-state index contributed by atoms with van der Waals surface area (Å²) in [5.74, 6) is 0.931. The summed E-state index contributed by atoms with van der Waals surface area (Å²) in [6, 6.07) is 10.3. The predicted octanol–water partition coefficient (Wildman–Crippen LogP) is 3.58. The maximum atomic E-state index is 12.2. The molecule has 0 bridgehead atoms. The Balaban J connectivity index is 1.70. The minimum Gasteiger partial charge on any atom is -0.508 e. The molecule has 7 nitrogen and oxygen atoms in total. The van der Waals surface area contributed by atoms with Gasteiger partial charge in [0.25, 0.3) is 0 Å². The van der Waals surface area contributed by atoms with Crippen molar-refractivity contribution in [2.75, 3.05) is 11.1 Å². The molecule has 1 amide bonds. The summed E-state index contributed by atoms with van der Waals surface area (Å²) >= 11 is 1.34. The highest BCUT2D eigenvalue weighted by molar-refractivity contribution is 7.99. The Kier molecular flexibility index (Phi) is 6.43. The van der Waals surface area contributed by atoms with Crippen LogP contribution < -0.4 is 5.32 Å². The first-order valence-electron chi connectivity index (χ1n) is 8.72. The zero-order chi connectivity index (χ0) is 19.1. The molecule has 0 spiro atoms. The monoisotopic (exact) mass is 383 g/mol. The molecule has 2 N–H and O–H groups in total. The number of anilines is 1. The van der Waals surface area contributed by atoms with E-state index in [1.807, 2.05) is 16.7 Å². The van der Waals surface area contributed by atoms with E-state index in [0.29, 0.717) is 10.8 Å². The van der Waals surface area contributed by atoms with Gasteiger partial charge in [0.15, 0.2) is 11.0 Å². The van der Waals surface area contributed by atoms with E-state index in [4.69, 9.17) is 0 Å². The van der Waals surface area contributed by atoms with E-state index < -0.39 is 0 Å². The van der Waals surface area contributed by atoms with Gasteiger partial charge in [0.1, 0.15) is 5.75 Å². The van der Waals surface area contributed by atoms with E-state index in [1.165, 1.54) is 17.8 Å². The van der Waals surface area contributed by atoms with Crippen molar-refractivity contribution in [3.63, 3.8) is 0 Å². The molecule has 27 heavy (non-hydrogen) atoms. The van der Waals surface area contributed by atoms with Crippen molar-refractivity contribution in [2.24, 2.45) is 0 Å². The third-order valence-corrected chi connectivity index (χ3v) is 4.82. The van der Waals surface area contributed by atoms with E-state index in [1.54, 1.807) is 30.6 Å². The Hall–Kier alpha value is -2.87. The Morgan fingerprint density at radius 3 is 2.78 bits per heavy atom. The molecule has 0 radical (unpaired) electrons. The molecule has 0 saturated heterocycles. The maximum absolute atomic E-state index is 12.2. The maximum Gasteiger partial charge on any atom is 0.234 e. The number of benzene rings is 1. The van der Waals surface area contributed by atoms with Gasteiger partial charge in [0, 0.05) is 36.3 Å². The number of hydrogen-bond donors (Lipinski definition) is 2. The van der Waals surface area contributed by atoms with Gasteiger partial charge >= 0.3 is 0 Å². The standard InChI is InChI=1S/C19H21N5O2S/c1-2-3-11-24-18(14-7-9-20-10-8-14)22-23-19(24)27-13-17(26)21-15-5-4-6-16(25)12-15/h4-10,12,25H,2-3,11,13H2,1H3,(H,21,26). The Bertz CT molecular complexity index is 898. The number of phenolic OH excluding ortho intramolecular Hbond substituents is 1. The normalized spacial score (nSPS) is 10.7. The fourth-order valence-electron chi connectivity index (χ4n) is 2.54. The van der Waals surface area contributed by atoms with Gasteiger partial charge < -0.3 is 15.0 Å². The molecule has 2 aromatic heterocycles. The lowest BCUT2D eigenvalue weighted by molar-refractivity contribution is -0.113. The van der Waals surface area contributed by atoms with Crippen LogP contribution in [0.4, 0.5) is 5.69 Å². The van der Waals surface area contributed by atoms with Crippen LogP contribution in [-0.4, -0.2) is 36.5 Å². The fraction of sp³-hybridized carbons (Fsp3) is 0.263. The Morgan fingerprint density at radius 2 is 2.04 bits per heavy atom. The first kappa shape index (κ1) is 18.9. The van der Waals surface area contributed by atoms with Crippen LogP contribution in [0.3, 0.4) is 0 Å². The SMILES string of the molecule is CCCCn1c(SCC(=O)Nc2cccc(O)c2)nnc1-c1ccncc1. The number of unbranched alkanes of at least 4 members (excludes halogenated alkanes) is 1. The van der Waals surface area contributed by atoms with Gasteiger partial charge in [0.2, 0.25) is 5.91 Å². The largest absolute Gasteiger partial charge is 0.508 e. The number of carbonyl (C=O) groups is 1. The lowest BCUT2D eigenvalue weighted by Crippen LogP contribution is -2.14. The van der Waals surface area contributed by atoms with Crippen LogP contribution in [0.5, 0.6) is 5.75 Å². The lowest BCUT2D eigenvalue weighted by Gasteiger charge is -2.10. The number of nitrogens with one attached hydrogen (secondary N) is 1. The van der Waals surface area contributed by atoms with Crippen molar-refractivity contribution in [1.82, 2.24) is 19.7 Å². The van der Waals surface area contributed by atoms with Gasteiger partial charge in [-0.2, -0.15) is 0 Å². The fourth-order valence-corrected chi connectivity index (χ4v) is 3.30. The molecule has 0 saturated carbocycles. The highest BCUT2D eigenvalue weighted by atomic mass is 32.2. The summed E-state index contributed by atoms with van der Waals surface area (Å²) in [7, 11) is 0. The quantitative estimate of drug-likeness (QED) is 0.578. The molecular weight excluding hydrogens is 362 g/mol. The van der Waals surface area contributed by atoms with E-state index in [-0.39, 0.29) is 17.4 Å². The van der Waals surface area contributed by atoms with Gasteiger partial charge in [-0.05, 0) is 30.7 Å². The number of pyridine rings is 1.